The lowest BCUT2D eigenvalue weighted by molar-refractivity contribution is -0.137. The van der Waals surface area contributed by atoms with Gasteiger partial charge < -0.3 is 15.0 Å². The van der Waals surface area contributed by atoms with E-state index < -0.39 is 23.8 Å². The second kappa shape index (κ2) is 11.5. The summed E-state index contributed by atoms with van der Waals surface area (Å²) in [6.45, 7) is 3.83. The molecule has 0 aliphatic rings. The van der Waals surface area contributed by atoms with Gasteiger partial charge in [0.25, 0.3) is 0 Å². The van der Waals surface area contributed by atoms with E-state index in [1.54, 1.807) is 0 Å². The molecule has 0 fully saturated rings. The first-order valence-electron chi connectivity index (χ1n) is 9.27. The Kier molecular flexibility index (Phi) is 10.1. The van der Waals surface area contributed by atoms with E-state index in [0.717, 1.165) is 31.0 Å². The van der Waals surface area contributed by atoms with Crippen LogP contribution in [0.5, 0.6) is 0 Å². The molecule has 29 heavy (non-hydrogen) atoms. The molecule has 0 aromatic heterocycles. The normalized spacial score (nSPS) is 13.7. The highest BCUT2D eigenvalue weighted by molar-refractivity contribution is 7.95. The van der Waals surface area contributed by atoms with E-state index in [0.29, 0.717) is 31.7 Å². The summed E-state index contributed by atoms with van der Waals surface area (Å²) in [6, 6.07) is 1.66. The molecule has 0 aliphatic carbocycles. The number of carbonyl (C=O) groups is 2. The van der Waals surface area contributed by atoms with Crippen LogP contribution in [0.15, 0.2) is 12.1 Å². The van der Waals surface area contributed by atoms with Gasteiger partial charge in [0, 0.05) is 5.25 Å². The number of primary amides is 1. The highest BCUT2D eigenvalue weighted by Crippen LogP contribution is 2.40. The predicted octanol–water partition coefficient (Wildman–Crippen LogP) is 6.63. The standard InChI is InChI=1S/C19H25ClF3NO4S/c1-3-5-6-11(7-8-13(4-2)29-28-18(26)27)14-9-12(19(21,22)23)10-15(16(14)20)17(24)25/h9-11,13H,3-8H2,1-2H3,(H2,24,25)(H,26,27). The van der Waals surface area contributed by atoms with E-state index in [1.807, 2.05) is 13.8 Å². The van der Waals surface area contributed by atoms with Crippen LogP contribution in [-0.4, -0.2) is 22.4 Å². The number of benzene rings is 1. The average Bonchev–Trinajstić information content (AvgIpc) is 2.63. The molecule has 5 nitrogen and oxygen atoms in total. The van der Waals surface area contributed by atoms with Crippen molar-refractivity contribution in [3.63, 3.8) is 0 Å². The van der Waals surface area contributed by atoms with Crippen LogP contribution in [0.1, 0.15) is 79.8 Å². The van der Waals surface area contributed by atoms with Crippen molar-refractivity contribution in [3.05, 3.63) is 33.8 Å². The number of alkyl halides is 3. The van der Waals surface area contributed by atoms with E-state index >= 15 is 0 Å². The molecule has 1 rings (SSSR count). The number of carboxylic acid groups (broad SMARTS) is 1. The lowest BCUT2D eigenvalue weighted by Crippen LogP contribution is -2.17. The molecule has 0 saturated carbocycles. The lowest BCUT2D eigenvalue weighted by Gasteiger charge is -2.23. The minimum atomic E-state index is -4.64. The Bertz CT molecular complexity index is 715. The molecule has 0 aliphatic heterocycles. The fourth-order valence-electron chi connectivity index (χ4n) is 3.01. The Balaban J connectivity index is 3.23. The number of unbranched alkanes of at least 4 members (excludes halogenated alkanes) is 1. The van der Waals surface area contributed by atoms with Crippen LogP contribution in [0.4, 0.5) is 18.0 Å². The topological polar surface area (TPSA) is 89.6 Å². The highest BCUT2D eigenvalue weighted by atomic mass is 35.5. The molecular formula is C19H25ClF3NO4S. The molecule has 1 aromatic rings. The van der Waals surface area contributed by atoms with Crippen molar-refractivity contribution in [3.8, 4) is 0 Å². The van der Waals surface area contributed by atoms with Crippen LogP contribution in [0.25, 0.3) is 0 Å². The minimum Gasteiger partial charge on any atom is -0.449 e. The zero-order chi connectivity index (χ0) is 22.2. The first-order chi connectivity index (χ1) is 13.5. The average molecular weight is 456 g/mol. The first-order valence-corrected chi connectivity index (χ1v) is 10.5. The summed E-state index contributed by atoms with van der Waals surface area (Å²) in [5, 5.41) is 8.44. The Morgan fingerprint density at radius 3 is 2.38 bits per heavy atom. The monoisotopic (exact) mass is 455 g/mol. The fourth-order valence-corrected chi connectivity index (χ4v) is 3.95. The van der Waals surface area contributed by atoms with Gasteiger partial charge in [0.05, 0.1) is 28.2 Å². The van der Waals surface area contributed by atoms with Gasteiger partial charge >= 0.3 is 12.3 Å². The van der Waals surface area contributed by atoms with Crippen LogP contribution in [-0.2, 0) is 10.4 Å². The molecule has 10 heteroatoms. The van der Waals surface area contributed by atoms with Crippen molar-refractivity contribution >= 4 is 35.7 Å². The summed E-state index contributed by atoms with van der Waals surface area (Å²) in [6.07, 6.45) is -2.26. The smallest absolute Gasteiger partial charge is 0.449 e. The molecule has 3 N–H and O–H groups in total. The maximum Gasteiger partial charge on any atom is 0.518 e. The van der Waals surface area contributed by atoms with Crippen LogP contribution >= 0.6 is 23.6 Å². The Morgan fingerprint density at radius 1 is 1.24 bits per heavy atom. The van der Waals surface area contributed by atoms with Gasteiger partial charge in [0.1, 0.15) is 0 Å². The van der Waals surface area contributed by atoms with Crippen molar-refractivity contribution in [1.29, 1.82) is 0 Å². The molecule has 0 heterocycles. The lowest BCUT2D eigenvalue weighted by atomic mass is 9.86. The van der Waals surface area contributed by atoms with Gasteiger partial charge in [0.15, 0.2) is 0 Å². The second-order valence-electron chi connectivity index (χ2n) is 6.68. The van der Waals surface area contributed by atoms with E-state index in [9.17, 15) is 22.8 Å². The van der Waals surface area contributed by atoms with Crippen molar-refractivity contribution in [2.24, 2.45) is 5.73 Å². The van der Waals surface area contributed by atoms with Crippen LogP contribution in [0.2, 0.25) is 5.02 Å². The van der Waals surface area contributed by atoms with Crippen molar-refractivity contribution in [2.45, 2.75) is 69.7 Å². The molecule has 2 atom stereocenters. The largest absolute Gasteiger partial charge is 0.518 e. The molecule has 1 aromatic carbocycles. The highest BCUT2D eigenvalue weighted by Gasteiger charge is 2.34. The number of carbonyl (C=O) groups excluding carboxylic acids is 1. The molecule has 0 bridgehead atoms. The quantitative estimate of drug-likeness (QED) is 0.365. The zero-order valence-electron chi connectivity index (χ0n) is 16.2. The number of amides is 1. The van der Waals surface area contributed by atoms with E-state index in [4.69, 9.17) is 22.4 Å². The molecule has 2 unspecified atom stereocenters. The maximum absolute atomic E-state index is 13.3. The summed E-state index contributed by atoms with van der Waals surface area (Å²) >= 11 is 7.10. The van der Waals surface area contributed by atoms with Crippen molar-refractivity contribution in [2.75, 3.05) is 0 Å². The third-order valence-corrected chi connectivity index (χ3v) is 6.09. The van der Waals surface area contributed by atoms with Gasteiger partial charge in [-0.2, -0.15) is 13.2 Å². The number of rotatable bonds is 11. The van der Waals surface area contributed by atoms with Gasteiger partial charge in [-0.15, -0.1) is 0 Å². The molecular weight excluding hydrogens is 431 g/mol. The van der Waals surface area contributed by atoms with Crippen molar-refractivity contribution < 1.29 is 32.0 Å². The van der Waals surface area contributed by atoms with E-state index in [2.05, 4.69) is 4.18 Å². The summed E-state index contributed by atoms with van der Waals surface area (Å²) in [4.78, 5) is 22.2. The Labute approximate surface area is 177 Å². The van der Waals surface area contributed by atoms with Crippen molar-refractivity contribution in [1.82, 2.24) is 0 Å². The number of halogens is 4. The van der Waals surface area contributed by atoms with Gasteiger partial charge in [-0.3, -0.25) is 4.79 Å². The number of hydrogen-bond acceptors (Lipinski definition) is 4. The molecule has 164 valence electrons. The summed E-state index contributed by atoms with van der Waals surface area (Å²) in [5.41, 5.74) is 4.16. The first kappa shape index (κ1) is 25.4. The van der Waals surface area contributed by atoms with Crippen LogP contribution in [0, 0.1) is 0 Å². The molecule has 0 spiro atoms. The summed E-state index contributed by atoms with van der Waals surface area (Å²) in [7, 11) is 0. The predicted molar refractivity (Wildman–Crippen MR) is 107 cm³/mol. The Morgan fingerprint density at radius 2 is 1.90 bits per heavy atom. The van der Waals surface area contributed by atoms with Gasteiger partial charge in [-0.25, -0.2) is 4.79 Å². The number of nitrogens with two attached hydrogens (primary N) is 1. The summed E-state index contributed by atoms with van der Waals surface area (Å²) in [5.74, 6) is -1.35. The third kappa shape index (κ3) is 7.97. The maximum atomic E-state index is 13.3. The van der Waals surface area contributed by atoms with E-state index in [1.165, 1.54) is 0 Å². The SMILES string of the molecule is CCCCC(CCC(CC)SOC(=O)O)c1cc(C(F)(F)F)cc(C(N)=O)c1Cl. The van der Waals surface area contributed by atoms with Gasteiger partial charge in [0.2, 0.25) is 5.91 Å². The zero-order valence-corrected chi connectivity index (χ0v) is 17.8. The molecule has 1 amide bonds. The minimum absolute atomic E-state index is 0.0610. The number of hydrogen-bond donors (Lipinski definition) is 2. The third-order valence-electron chi connectivity index (χ3n) is 4.59. The van der Waals surface area contributed by atoms with Crippen LogP contribution in [0.3, 0.4) is 0 Å². The second-order valence-corrected chi connectivity index (χ2v) is 8.08. The van der Waals surface area contributed by atoms with Crippen LogP contribution < -0.4 is 5.73 Å². The van der Waals surface area contributed by atoms with Gasteiger partial charge in [-0.05, 0) is 49.3 Å². The summed E-state index contributed by atoms with van der Waals surface area (Å²) < 4.78 is 44.5. The molecule has 0 saturated heterocycles. The Hall–Kier alpha value is -1.61. The van der Waals surface area contributed by atoms with Gasteiger partial charge in [-0.1, -0.05) is 38.3 Å². The molecule has 0 radical (unpaired) electrons. The van der Waals surface area contributed by atoms with E-state index in [-0.39, 0.29) is 27.3 Å². The fraction of sp³-hybridized carbons (Fsp3) is 0.579.